The van der Waals surface area contributed by atoms with Crippen LogP contribution in [-0.2, 0) is 9.53 Å². The molecular formula is C21H22N2O2S. The van der Waals surface area contributed by atoms with Crippen molar-refractivity contribution in [2.75, 3.05) is 12.0 Å². The predicted molar refractivity (Wildman–Crippen MR) is 108 cm³/mol. The normalized spacial score (nSPS) is 17.2. The van der Waals surface area contributed by atoms with Crippen molar-refractivity contribution in [2.45, 2.75) is 26.8 Å². The van der Waals surface area contributed by atoms with Crippen LogP contribution in [0.4, 0.5) is 5.69 Å². The lowest BCUT2D eigenvalue weighted by Gasteiger charge is -2.38. The number of hydrogen-bond donors (Lipinski definition) is 1. The smallest absolute Gasteiger partial charge is 0.337 e. The summed E-state index contributed by atoms with van der Waals surface area (Å²) in [4.78, 5) is 14.5. The Morgan fingerprint density at radius 1 is 1.12 bits per heavy atom. The second-order valence-corrected chi connectivity index (χ2v) is 6.79. The van der Waals surface area contributed by atoms with Gasteiger partial charge in [0.15, 0.2) is 5.11 Å². The van der Waals surface area contributed by atoms with Gasteiger partial charge in [-0.3, -0.25) is 4.90 Å². The Balaban J connectivity index is 2.17. The van der Waals surface area contributed by atoms with E-state index >= 15 is 0 Å². The van der Waals surface area contributed by atoms with E-state index in [1.807, 2.05) is 74.2 Å². The number of carbonyl (C=O) groups excluding carboxylic acids is 1. The summed E-state index contributed by atoms with van der Waals surface area (Å²) in [6, 6.07) is 15.7. The summed E-state index contributed by atoms with van der Waals surface area (Å²) in [6.45, 7) is 5.96. The van der Waals surface area contributed by atoms with E-state index in [9.17, 15) is 4.79 Å². The Labute approximate surface area is 159 Å². The minimum Gasteiger partial charge on any atom is -0.466 e. The fourth-order valence-corrected chi connectivity index (χ4v) is 3.70. The van der Waals surface area contributed by atoms with Gasteiger partial charge >= 0.3 is 5.97 Å². The maximum atomic E-state index is 12.6. The van der Waals surface area contributed by atoms with E-state index in [0.29, 0.717) is 10.7 Å². The molecule has 0 aliphatic carbocycles. The summed E-state index contributed by atoms with van der Waals surface area (Å²) < 4.78 is 5.09. The third-order valence-electron chi connectivity index (χ3n) is 4.65. The van der Waals surface area contributed by atoms with Gasteiger partial charge in [-0.25, -0.2) is 4.79 Å². The molecule has 0 aromatic heterocycles. The molecule has 3 rings (SSSR count). The van der Waals surface area contributed by atoms with Crippen LogP contribution < -0.4 is 10.2 Å². The molecule has 1 atom stereocenters. The van der Waals surface area contributed by atoms with Gasteiger partial charge in [0.25, 0.3) is 0 Å². The highest BCUT2D eigenvalue weighted by atomic mass is 32.1. The first-order valence-electron chi connectivity index (χ1n) is 8.46. The average Bonchev–Trinajstić information content (AvgIpc) is 2.61. The molecule has 1 heterocycles. The van der Waals surface area contributed by atoms with E-state index in [1.165, 1.54) is 7.11 Å². The molecule has 5 heteroatoms. The van der Waals surface area contributed by atoms with Crippen LogP contribution >= 0.6 is 12.2 Å². The monoisotopic (exact) mass is 366 g/mol. The van der Waals surface area contributed by atoms with Crippen molar-refractivity contribution in [1.82, 2.24) is 5.32 Å². The second-order valence-electron chi connectivity index (χ2n) is 6.40. The molecule has 1 N–H and O–H groups in total. The van der Waals surface area contributed by atoms with Gasteiger partial charge in [0.05, 0.1) is 18.7 Å². The molecule has 0 saturated heterocycles. The van der Waals surface area contributed by atoms with Crippen molar-refractivity contribution < 1.29 is 9.53 Å². The van der Waals surface area contributed by atoms with Crippen LogP contribution in [-0.4, -0.2) is 18.2 Å². The second kappa shape index (κ2) is 7.30. The lowest BCUT2D eigenvalue weighted by molar-refractivity contribution is -0.136. The number of thiocarbonyl (C=S) groups is 1. The van der Waals surface area contributed by atoms with Crippen LogP contribution in [0.2, 0.25) is 0 Å². The number of anilines is 1. The third kappa shape index (κ3) is 3.22. The van der Waals surface area contributed by atoms with E-state index in [1.54, 1.807) is 0 Å². The summed E-state index contributed by atoms with van der Waals surface area (Å²) in [5, 5.41) is 3.90. The van der Waals surface area contributed by atoms with Crippen LogP contribution in [0.5, 0.6) is 0 Å². The molecule has 134 valence electrons. The number of ether oxygens (including phenoxy) is 1. The molecule has 4 nitrogen and oxygen atoms in total. The number of carbonyl (C=O) groups is 1. The first kappa shape index (κ1) is 18.1. The number of hydrogen-bond acceptors (Lipinski definition) is 3. The summed E-state index contributed by atoms with van der Waals surface area (Å²) in [6.07, 6.45) is 0. The van der Waals surface area contributed by atoms with E-state index < -0.39 is 0 Å². The zero-order chi connectivity index (χ0) is 18.8. The molecule has 0 amide bonds. The standard InChI is InChI=1S/C21H22N2O2S/c1-13-8-7-10-16(12-13)23-15(3)18(20(24)25-4)19(22-21(23)26)17-11-6-5-9-14(17)2/h5-12,19H,1-4H3,(H,22,26). The molecule has 0 bridgehead atoms. The highest BCUT2D eigenvalue weighted by Crippen LogP contribution is 2.35. The molecule has 1 aliphatic rings. The highest BCUT2D eigenvalue weighted by molar-refractivity contribution is 7.80. The van der Waals surface area contributed by atoms with Gasteiger partial charge in [0, 0.05) is 11.4 Å². The van der Waals surface area contributed by atoms with Crippen LogP contribution in [0.3, 0.4) is 0 Å². The van der Waals surface area contributed by atoms with Gasteiger partial charge < -0.3 is 10.1 Å². The molecular weight excluding hydrogens is 344 g/mol. The first-order valence-corrected chi connectivity index (χ1v) is 8.86. The Kier molecular flexibility index (Phi) is 5.09. The van der Waals surface area contributed by atoms with Crippen LogP contribution in [0.1, 0.15) is 29.7 Å². The Morgan fingerprint density at radius 2 is 1.85 bits per heavy atom. The lowest BCUT2D eigenvalue weighted by Crippen LogP contribution is -2.48. The number of rotatable bonds is 3. The Hall–Kier alpha value is -2.66. The van der Waals surface area contributed by atoms with Crippen molar-refractivity contribution in [2.24, 2.45) is 0 Å². The molecule has 0 spiro atoms. The molecule has 0 radical (unpaired) electrons. The number of aryl methyl sites for hydroxylation is 2. The quantitative estimate of drug-likeness (QED) is 0.652. The molecule has 2 aromatic rings. The third-order valence-corrected chi connectivity index (χ3v) is 4.95. The number of allylic oxidation sites excluding steroid dienone is 1. The number of benzene rings is 2. The van der Waals surface area contributed by atoms with Gasteiger partial charge in [0.1, 0.15) is 0 Å². The SMILES string of the molecule is COC(=O)C1=C(C)N(c2cccc(C)c2)C(=S)NC1c1ccccc1C. The van der Waals surface area contributed by atoms with Gasteiger partial charge in [-0.05, 0) is 61.8 Å². The minimum absolute atomic E-state index is 0.336. The van der Waals surface area contributed by atoms with Crippen molar-refractivity contribution in [3.05, 3.63) is 76.5 Å². The van der Waals surface area contributed by atoms with Crippen molar-refractivity contribution >= 4 is 29.0 Å². The average molecular weight is 366 g/mol. The van der Waals surface area contributed by atoms with Crippen molar-refractivity contribution in [3.8, 4) is 0 Å². The zero-order valence-electron chi connectivity index (χ0n) is 15.4. The lowest BCUT2D eigenvalue weighted by atomic mass is 9.92. The molecule has 1 aliphatic heterocycles. The van der Waals surface area contributed by atoms with Crippen molar-refractivity contribution in [3.63, 3.8) is 0 Å². The van der Waals surface area contributed by atoms with Crippen LogP contribution in [0.25, 0.3) is 0 Å². The van der Waals surface area contributed by atoms with Gasteiger partial charge in [-0.1, -0.05) is 36.4 Å². The molecule has 0 saturated carbocycles. The first-order chi connectivity index (χ1) is 12.4. The fourth-order valence-electron chi connectivity index (χ4n) is 3.34. The number of esters is 1. The molecule has 0 fully saturated rings. The number of methoxy groups -OCH3 is 1. The predicted octanol–water partition coefficient (Wildman–Crippen LogP) is 4.19. The van der Waals surface area contributed by atoms with E-state index in [-0.39, 0.29) is 12.0 Å². The topological polar surface area (TPSA) is 41.6 Å². The van der Waals surface area contributed by atoms with Gasteiger partial charge in [-0.2, -0.15) is 0 Å². The molecule has 1 unspecified atom stereocenters. The van der Waals surface area contributed by atoms with E-state index in [2.05, 4.69) is 5.32 Å². The molecule has 2 aromatic carbocycles. The Morgan fingerprint density at radius 3 is 2.50 bits per heavy atom. The van der Waals surface area contributed by atoms with Gasteiger partial charge in [-0.15, -0.1) is 0 Å². The van der Waals surface area contributed by atoms with Crippen molar-refractivity contribution in [1.29, 1.82) is 0 Å². The van der Waals surface area contributed by atoms with E-state index in [4.69, 9.17) is 17.0 Å². The van der Waals surface area contributed by atoms with E-state index in [0.717, 1.165) is 28.1 Å². The summed E-state index contributed by atoms with van der Waals surface area (Å²) in [7, 11) is 1.40. The maximum Gasteiger partial charge on any atom is 0.337 e. The summed E-state index contributed by atoms with van der Waals surface area (Å²) in [5.41, 5.74) is 5.49. The van der Waals surface area contributed by atoms with Gasteiger partial charge in [0.2, 0.25) is 0 Å². The highest BCUT2D eigenvalue weighted by Gasteiger charge is 2.35. The zero-order valence-corrected chi connectivity index (χ0v) is 16.2. The number of nitrogens with zero attached hydrogens (tertiary/aromatic N) is 1. The largest absolute Gasteiger partial charge is 0.466 e. The summed E-state index contributed by atoms with van der Waals surface area (Å²) >= 11 is 5.65. The Bertz CT molecular complexity index is 904. The fraction of sp³-hybridized carbons (Fsp3) is 0.238. The number of nitrogens with one attached hydrogen (secondary N) is 1. The minimum atomic E-state index is -0.358. The maximum absolute atomic E-state index is 12.6. The van der Waals surface area contributed by atoms with Crippen LogP contribution in [0, 0.1) is 13.8 Å². The summed E-state index contributed by atoms with van der Waals surface area (Å²) in [5.74, 6) is -0.358. The molecule has 26 heavy (non-hydrogen) atoms. The van der Waals surface area contributed by atoms with Crippen LogP contribution in [0.15, 0.2) is 59.8 Å².